The van der Waals surface area contributed by atoms with Crippen LogP contribution >= 0.6 is 35.4 Å². The van der Waals surface area contributed by atoms with Crippen molar-refractivity contribution in [1.82, 2.24) is 4.98 Å². The highest BCUT2D eigenvalue weighted by atomic mass is 35.5. The first-order valence-electron chi connectivity index (χ1n) is 6.67. The molecule has 1 heterocycles. The van der Waals surface area contributed by atoms with Crippen LogP contribution < -0.4 is 5.73 Å². The summed E-state index contributed by atoms with van der Waals surface area (Å²) in [5.41, 5.74) is 7.82. The first-order chi connectivity index (χ1) is 9.85. The van der Waals surface area contributed by atoms with E-state index in [4.69, 9.17) is 41.2 Å². The molecular weight excluding hydrogens is 327 g/mol. The van der Waals surface area contributed by atoms with Gasteiger partial charge in [0.1, 0.15) is 0 Å². The number of pyridine rings is 1. The highest BCUT2D eigenvalue weighted by Gasteiger charge is 2.16. The first-order valence-corrected chi connectivity index (χ1v) is 7.83. The van der Waals surface area contributed by atoms with Crippen LogP contribution in [-0.4, -0.2) is 10.9 Å². The van der Waals surface area contributed by atoms with Crippen LogP contribution in [0.1, 0.15) is 37.4 Å². The van der Waals surface area contributed by atoms with Gasteiger partial charge in [-0.25, -0.2) is 0 Å². The topological polar surface area (TPSA) is 58.9 Å². The number of carbonyl (C=O) groups excluding carboxylic acids is 1. The van der Waals surface area contributed by atoms with Crippen LogP contribution in [0.3, 0.4) is 0 Å². The Morgan fingerprint density at radius 3 is 2.57 bits per heavy atom. The number of H-pyrrole nitrogens is 1. The van der Waals surface area contributed by atoms with E-state index in [-0.39, 0.29) is 12.3 Å². The van der Waals surface area contributed by atoms with E-state index >= 15 is 0 Å². The summed E-state index contributed by atoms with van der Waals surface area (Å²) in [6, 6.07) is 3.48. The van der Waals surface area contributed by atoms with Crippen molar-refractivity contribution in [1.29, 1.82) is 0 Å². The van der Waals surface area contributed by atoms with Gasteiger partial charge in [-0.1, -0.05) is 49.3 Å². The van der Waals surface area contributed by atoms with Crippen LogP contribution in [0.25, 0.3) is 10.9 Å². The van der Waals surface area contributed by atoms with E-state index in [2.05, 4.69) is 18.8 Å². The average molecular weight is 343 g/mol. The van der Waals surface area contributed by atoms with Crippen molar-refractivity contribution in [2.45, 2.75) is 32.6 Å². The molecule has 2 aromatic rings. The lowest BCUT2D eigenvalue weighted by Gasteiger charge is -2.17. The van der Waals surface area contributed by atoms with E-state index in [0.717, 1.165) is 28.6 Å². The maximum atomic E-state index is 11.3. The van der Waals surface area contributed by atoms with Crippen molar-refractivity contribution in [2.24, 2.45) is 5.73 Å². The summed E-state index contributed by atoms with van der Waals surface area (Å²) in [6.07, 6.45) is 1.04. The van der Waals surface area contributed by atoms with Gasteiger partial charge in [0.05, 0.1) is 21.0 Å². The zero-order chi connectivity index (χ0) is 15.7. The van der Waals surface area contributed by atoms with Gasteiger partial charge in [-0.05, 0) is 30.0 Å². The lowest BCUT2D eigenvalue weighted by Crippen LogP contribution is -2.17. The third-order valence-corrected chi connectivity index (χ3v) is 4.78. The molecule has 1 aromatic carbocycles. The van der Waals surface area contributed by atoms with Gasteiger partial charge in [0.2, 0.25) is 5.91 Å². The second kappa shape index (κ2) is 6.34. The van der Waals surface area contributed by atoms with Crippen molar-refractivity contribution in [2.75, 3.05) is 0 Å². The number of aromatic amines is 1. The molecule has 0 aliphatic rings. The molecule has 21 heavy (non-hydrogen) atoms. The van der Waals surface area contributed by atoms with Crippen molar-refractivity contribution < 1.29 is 4.79 Å². The fourth-order valence-corrected chi connectivity index (χ4v) is 3.21. The maximum absolute atomic E-state index is 11.3. The van der Waals surface area contributed by atoms with Gasteiger partial charge in [-0.2, -0.15) is 0 Å². The fourth-order valence-electron chi connectivity index (χ4n) is 2.39. The van der Waals surface area contributed by atoms with Crippen LogP contribution in [0.5, 0.6) is 0 Å². The molecule has 1 amide bonds. The van der Waals surface area contributed by atoms with Gasteiger partial charge >= 0.3 is 0 Å². The predicted molar refractivity (Wildman–Crippen MR) is 90.8 cm³/mol. The molecule has 0 spiro atoms. The lowest BCUT2D eigenvalue weighted by atomic mass is 9.94. The molecule has 0 saturated carbocycles. The smallest absolute Gasteiger partial charge is 0.223 e. The Hall–Kier alpha value is -1.10. The molecule has 1 unspecified atom stereocenters. The Labute approximate surface area is 138 Å². The SMILES string of the molecule is CCC(C)c1c(CC(N)=O)[nH]c2cc(Cl)c(Cl)cc2c1=S. The number of carbonyl (C=O) groups is 1. The van der Waals surface area contributed by atoms with Crippen LogP contribution in [0.4, 0.5) is 0 Å². The Morgan fingerprint density at radius 1 is 1.38 bits per heavy atom. The molecule has 0 radical (unpaired) electrons. The van der Waals surface area contributed by atoms with Crippen LogP contribution in [0.15, 0.2) is 12.1 Å². The number of aromatic nitrogens is 1. The predicted octanol–water partition coefficient (Wildman–Crippen LogP) is 4.75. The van der Waals surface area contributed by atoms with Gasteiger partial charge in [-0.15, -0.1) is 0 Å². The molecule has 1 aromatic heterocycles. The highest BCUT2D eigenvalue weighted by molar-refractivity contribution is 7.71. The highest BCUT2D eigenvalue weighted by Crippen LogP contribution is 2.32. The number of nitrogens with one attached hydrogen (secondary N) is 1. The second-order valence-corrected chi connectivity index (χ2v) is 6.33. The number of hydrogen-bond acceptors (Lipinski definition) is 2. The monoisotopic (exact) mass is 342 g/mol. The normalized spacial score (nSPS) is 12.6. The molecular formula is C15H16Cl2N2OS. The summed E-state index contributed by atoms with van der Waals surface area (Å²) < 4.78 is 0.702. The number of fused-ring (bicyclic) bond motifs is 1. The Morgan fingerprint density at radius 2 is 2.00 bits per heavy atom. The summed E-state index contributed by atoms with van der Waals surface area (Å²) in [4.78, 5) is 14.6. The number of hydrogen-bond donors (Lipinski definition) is 2. The van der Waals surface area contributed by atoms with E-state index in [1.54, 1.807) is 12.1 Å². The molecule has 2 rings (SSSR count). The standard InChI is InChI=1S/C15H16Cl2N2OS/c1-3-7(2)14-12(6-13(18)20)19-11-5-10(17)9(16)4-8(11)15(14)21/h4-5,7H,3,6H2,1-2H3,(H2,18,20)(H,19,21). The zero-order valence-electron chi connectivity index (χ0n) is 11.8. The van der Waals surface area contributed by atoms with E-state index < -0.39 is 5.91 Å². The molecule has 0 aliphatic heterocycles. The number of primary amides is 1. The quantitative estimate of drug-likeness (QED) is 0.788. The minimum atomic E-state index is -0.399. The zero-order valence-corrected chi connectivity index (χ0v) is 14.1. The third-order valence-electron chi connectivity index (χ3n) is 3.62. The lowest BCUT2D eigenvalue weighted by molar-refractivity contribution is -0.117. The molecule has 3 N–H and O–H groups in total. The molecule has 0 saturated heterocycles. The summed E-state index contributed by atoms with van der Waals surface area (Å²) in [6.45, 7) is 4.15. The maximum Gasteiger partial charge on any atom is 0.223 e. The van der Waals surface area contributed by atoms with Gasteiger partial charge in [-0.3, -0.25) is 4.79 Å². The third kappa shape index (κ3) is 3.23. The largest absolute Gasteiger partial charge is 0.369 e. The van der Waals surface area contributed by atoms with E-state index in [1.807, 2.05) is 0 Å². The van der Waals surface area contributed by atoms with Crippen molar-refractivity contribution in [3.63, 3.8) is 0 Å². The Kier molecular flexibility index (Phi) is 4.91. The van der Waals surface area contributed by atoms with Gasteiger partial charge < -0.3 is 10.7 Å². The molecule has 1 atom stereocenters. The van der Waals surface area contributed by atoms with E-state index in [0.29, 0.717) is 14.6 Å². The van der Waals surface area contributed by atoms with E-state index in [9.17, 15) is 4.79 Å². The fraction of sp³-hybridized carbons (Fsp3) is 0.333. The first kappa shape index (κ1) is 16.3. The number of benzene rings is 1. The summed E-state index contributed by atoms with van der Waals surface area (Å²) >= 11 is 17.7. The molecule has 3 nitrogen and oxygen atoms in total. The van der Waals surface area contributed by atoms with Gasteiger partial charge in [0.25, 0.3) is 0 Å². The molecule has 6 heteroatoms. The summed E-state index contributed by atoms with van der Waals surface area (Å²) in [5, 5.41) is 1.74. The number of amides is 1. The van der Waals surface area contributed by atoms with Gasteiger partial charge in [0, 0.05) is 16.6 Å². The molecule has 112 valence electrons. The van der Waals surface area contributed by atoms with Crippen molar-refractivity contribution in [3.05, 3.63) is 37.9 Å². The average Bonchev–Trinajstić information content (AvgIpc) is 2.40. The van der Waals surface area contributed by atoms with Crippen LogP contribution in [0.2, 0.25) is 10.0 Å². The number of halogens is 2. The van der Waals surface area contributed by atoms with Crippen LogP contribution in [-0.2, 0) is 11.2 Å². The van der Waals surface area contributed by atoms with Crippen LogP contribution in [0, 0.1) is 4.51 Å². The molecule has 0 aliphatic carbocycles. The Balaban J connectivity index is 2.83. The van der Waals surface area contributed by atoms with Crippen molar-refractivity contribution in [3.8, 4) is 0 Å². The molecule has 0 bridgehead atoms. The summed E-state index contributed by atoms with van der Waals surface area (Å²) in [5.74, 6) is -0.174. The number of nitrogens with two attached hydrogens (primary N) is 1. The van der Waals surface area contributed by atoms with E-state index in [1.165, 1.54) is 0 Å². The van der Waals surface area contributed by atoms with Crippen molar-refractivity contribution >= 4 is 52.2 Å². The van der Waals surface area contributed by atoms with Gasteiger partial charge in [0.15, 0.2) is 0 Å². The number of rotatable bonds is 4. The minimum absolute atomic E-state index is 0.125. The minimum Gasteiger partial charge on any atom is -0.369 e. The summed E-state index contributed by atoms with van der Waals surface area (Å²) in [7, 11) is 0. The molecule has 0 fully saturated rings. The second-order valence-electron chi connectivity index (χ2n) is 5.11. The Bertz CT molecular complexity index is 770.